The van der Waals surface area contributed by atoms with Gasteiger partial charge < -0.3 is 16.2 Å². The van der Waals surface area contributed by atoms with Crippen molar-refractivity contribution in [1.82, 2.24) is 9.97 Å². The minimum Gasteiger partial charge on any atom is -0.396 e. The molecule has 1 atom stereocenters. The van der Waals surface area contributed by atoms with Crippen LogP contribution in [0, 0.1) is 5.92 Å². The molecule has 0 aliphatic carbocycles. The summed E-state index contributed by atoms with van der Waals surface area (Å²) in [5.41, 5.74) is 5.76. The number of aryl methyl sites for hydroxylation is 1. The van der Waals surface area contributed by atoms with E-state index in [1.54, 1.807) is 11.3 Å². The predicted octanol–water partition coefficient (Wildman–Crippen LogP) is 2.66. The number of nitrogens with zero attached hydrogens (tertiary/aromatic N) is 2. The van der Waals surface area contributed by atoms with E-state index in [0.717, 1.165) is 41.8 Å². The van der Waals surface area contributed by atoms with E-state index < -0.39 is 0 Å². The van der Waals surface area contributed by atoms with Crippen LogP contribution in [-0.4, -0.2) is 28.2 Å². The fraction of sp³-hybridized carbons (Fsp3) is 0.571. The Labute approximate surface area is 123 Å². The Morgan fingerprint density at radius 1 is 1.45 bits per heavy atom. The van der Waals surface area contributed by atoms with Crippen molar-refractivity contribution in [1.29, 1.82) is 0 Å². The highest BCUT2D eigenvalue weighted by molar-refractivity contribution is 7.18. The van der Waals surface area contributed by atoms with Gasteiger partial charge in [-0.15, -0.1) is 11.3 Å². The second kappa shape index (κ2) is 6.85. The van der Waals surface area contributed by atoms with E-state index >= 15 is 0 Å². The highest BCUT2D eigenvalue weighted by atomic mass is 32.1. The summed E-state index contributed by atoms with van der Waals surface area (Å²) >= 11 is 1.67. The fourth-order valence-electron chi connectivity index (χ4n) is 2.05. The van der Waals surface area contributed by atoms with Gasteiger partial charge in [0.25, 0.3) is 0 Å². The van der Waals surface area contributed by atoms with Gasteiger partial charge in [-0.25, -0.2) is 4.98 Å². The zero-order valence-electron chi connectivity index (χ0n) is 12.0. The van der Waals surface area contributed by atoms with Crippen molar-refractivity contribution in [2.45, 2.75) is 33.1 Å². The quantitative estimate of drug-likeness (QED) is 0.684. The summed E-state index contributed by atoms with van der Waals surface area (Å²) in [5.74, 6) is 1.48. The van der Waals surface area contributed by atoms with Crippen LogP contribution in [0.1, 0.15) is 31.6 Å². The van der Waals surface area contributed by atoms with E-state index in [1.807, 2.05) is 6.92 Å². The van der Waals surface area contributed by atoms with Crippen LogP contribution < -0.4 is 11.1 Å². The third-order valence-electron chi connectivity index (χ3n) is 3.29. The second-order valence-corrected chi connectivity index (χ2v) is 6.19. The second-order valence-electron chi connectivity index (χ2n) is 5.07. The molecule has 0 fully saturated rings. The van der Waals surface area contributed by atoms with Gasteiger partial charge >= 0.3 is 0 Å². The SMILES string of the molecule is CCc1cc2c(NCCCC(C)CO)nc(N)nc2s1. The molecule has 0 spiro atoms. The van der Waals surface area contributed by atoms with Gasteiger partial charge in [0, 0.05) is 18.0 Å². The summed E-state index contributed by atoms with van der Waals surface area (Å²) in [6.45, 7) is 5.25. The predicted molar refractivity (Wildman–Crippen MR) is 85.2 cm³/mol. The van der Waals surface area contributed by atoms with Crippen LogP contribution in [0.5, 0.6) is 0 Å². The number of nitrogens with two attached hydrogens (primary N) is 1. The van der Waals surface area contributed by atoms with Crippen LogP contribution in [0.15, 0.2) is 6.07 Å². The number of fused-ring (bicyclic) bond motifs is 1. The summed E-state index contributed by atoms with van der Waals surface area (Å²) in [6, 6.07) is 2.14. The minimum absolute atomic E-state index is 0.245. The van der Waals surface area contributed by atoms with E-state index in [0.29, 0.717) is 11.9 Å². The van der Waals surface area contributed by atoms with Gasteiger partial charge in [0.1, 0.15) is 10.6 Å². The first kappa shape index (κ1) is 15.0. The van der Waals surface area contributed by atoms with Gasteiger partial charge in [-0.2, -0.15) is 4.98 Å². The maximum Gasteiger partial charge on any atom is 0.223 e. The van der Waals surface area contributed by atoms with Crippen molar-refractivity contribution in [2.75, 3.05) is 24.2 Å². The zero-order chi connectivity index (χ0) is 14.5. The standard InChI is InChI=1S/C14H22N4OS/c1-3-10-7-11-12(16-6-4-5-9(2)8-19)17-14(15)18-13(11)20-10/h7,9,19H,3-6,8H2,1-2H3,(H3,15,16,17,18). The molecule has 4 N–H and O–H groups in total. The Morgan fingerprint density at radius 3 is 2.95 bits per heavy atom. The lowest BCUT2D eigenvalue weighted by atomic mass is 10.1. The number of hydrogen-bond acceptors (Lipinski definition) is 6. The average molecular weight is 294 g/mol. The Balaban J connectivity index is 2.06. The number of nitrogens with one attached hydrogen (secondary N) is 1. The molecule has 5 nitrogen and oxygen atoms in total. The molecule has 0 bridgehead atoms. The summed E-state index contributed by atoms with van der Waals surface area (Å²) in [7, 11) is 0. The Bertz CT molecular complexity index is 570. The maximum atomic E-state index is 9.00. The zero-order valence-corrected chi connectivity index (χ0v) is 12.8. The van der Waals surface area contributed by atoms with Crippen LogP contribution in [0.3, 0.4) is 0 Å². The van der Waals surface area contributed by atoms with Crippen molar-refractivity contribution in [2.24, 2.45) is 5.92 Å². The summed E-state index contributed by atoms with van der Waals surface area (Å²) in [4.78, 5) is 10.8. The number of thiophene rings is 1. The van der Waals surface area contributed by atoms with E-state index in [1.165, 1.54) is 4.88 Å². The molecular formula is C14H22N4OS. The number of rotatable bonds is 7. The molecule has 0 saturated carbocycles. The van der Waals surface area contributed by atoms with E-state index in [2.05, 4.69) is 28.3 Å². The number of anilines is 2. The molecule has 0 radical (unpaired) electrons. The van der Waals surface area contributed by atoms with Crippen molar-refractivity contribution < 1.29 is 5.11 Å². The lowest BCUT2D eigenvalue weighted by molar-refractivity contribution is 0.229. The lowest BCUT2D eigenvalue weighted by Gasteiger charge is -2.09. The smallest absolute Gasteiger partial charge is 0.223 e. The molecule has 0 amide bonds. The summed E-state index contributed by atoms with van der Waals surface area (Å²) in [5, 5.41) is 13.4. The molecule has 6 heteroatoms. The van der Waals surface area contributed by atoms with Crippen molar-refractivity contribution in [3.05, 3.63) is 10.9 Å². The fourth-order valence-corrected chi connectivity index (χ4v) is 3.02. The van der Waals surface area contributed by atoms with Crippen molar-refractivity contribution in [3.8, 4) is 0 Å². The van der Waals surface area contributed by atoms with Gasteiger partial charge in [-0.05, 0) is 31.2 Å². The topological polar surface area (TPSA) is 84.1 Å². The Kier molecular flexibility index (Phi) is 5.14. The third-order valence-corrected chi connectivity index (χ3v) is 4.46. The van der Waals surface area contributed by atoms with Gasteiger partial charge in [-0.1, -0.05) is 13.8 Å². The van der Waals surface area contributed by atoms with Crippen LogP contribution in [0.25, 0.3) is 10.2 Å². The molecule has 110 valence electrons. The van der Waals surface area contributed by atoms with E-state index in [4.69, 9.17) is 10.8 Å². The molecule has 2 aromatic heterocycles. The van der Waals surface area contributed by atoms with Gasteiger partial charge in [0.2, 0.25) is 5.95 Å². The molecule has 2 heterocycles. The van der Waals surface area contributed by atoms with Crippen molar-refractivity contribution in [3.63, 3.8) is 0 Å². The van der Waals surface area contributed by atoms with Gasteiger partial charge in [0.05, 0.1) is 5.39 Å². The highest BCUT2D eigenvalue weighted by Gasteiger charge is 2.10. The summed E-state index contributed by atoms with van der Waals surface area (Å²) < 4.78 is 0. The first-order chi connectivity index (χ1) is 9.63. The summed E-state index contributed by atoms with van der Waals surface area (Å²) in [6.07, 6.45) is 2.99. The maximum absolute atomic E-state index is 9.00. The molecule has 0 aliphatic heterocycles. The van der Waals surface area contributed by atoms with E-state index in [9.17, 15) is 0 Å². The number of nitrogen functional groups attached to an aromatic ring is 1. The first-order valence-electron chi connectivity index (χ1n) is 7.04. The molecule has 2 aromatic rings. The Morgan fingerprint density at radius 2 is 2.25 bits per heavy atom. The first-order valence-corrected chi connectivity index (χ1v) is 7.86. The highest BCUT2D eigenvalue weighted by Crippen LogP contribution is 2.29. The monoisotopic (exact) mass is 294 g/mol. The number of aliphatic hydroxyl groups is 1. The number of aromatic nitrogens is 2. The Hall–Kier alpha value is -1.40. The molecule has 20 heavy (non-hydrogen) atoms. The molecule has 0 saturated heterocycles. The van der Waals surface area contributed by atoms with Gasteiger partial charge in [-0.3, -0.25) is 0 Å². The lowest BCUT2D eigenvalue weighted by Crippen LogP contribution is -2.08. The third kappa shape index (κ3) is 3.58. The van der Waals surface area contributed by atoms with E-state index in [-0.39, 0.29) is 6.61 Å². The number of aliphatic hydroxyl groups excluding tert-OH is 1. The van der Waals surface area contributed by atoms with Crippen LogP contribution in [0.2, 0.25) is 0 Å². The van der Waals surface area contributed by atoms with Crippen molar-refractivity contribution >= 4 is 33.3 Å². The molecular weight excluding hydrogens is 272 g/mol. The molecule has 2 rings (SSSR count). The largest absolute Gasteiger partial charge is 0.396 e. The van der Waals surface area contributed by atoms with Crippen LogP contribution in [0.4, 0.5) is 11.8 Å². The van der Waals surface area contributed by atoms with Crippen LogP contribution in [-0.2, 0) is 6.42 Å². The molecule has 0 aliphatic rings. The minimum atomic E-state index is 0.245. The van der Waals surface area contributed by atoms with Crippen LogP contribution >= 0.6 is 11.3 Å². The molecule has 0 aromatic carbocycles. The average Bonchev–Trinajstić information content (AvgIpc) is 2.85. The number of hydrogen-bond donors (Lipinski definition) is 3. The normalized spacial score (nSPS) is 12.8. The van der Waals surface area contributed by atoms with Gasteiger partial charge in [0.15, 0.2) is 0 Å². The molecule has 1 unspecified atom stereocenters.